The van der Waals surface area contributed by atoms with Crippen molar-refractivity contribution < 1.29 is 14.9 Å². The summed E-state index contributed by atoms with van der Waals surface area (Å²) in [6.45, 7) is 6.79. The standard InChI is InChI=1S/C15H23NO3/c1-11(13-9-12(17)3-4-14(13)18)16-10-15(2)5-7-19-8-6-15/h3-4,9,11,16-18H,5-8,10H2,1-2H3. The van der Waals surface area contributed by atoms with Crippen LogP contribution >= 0.6 is 0 Å². The largest absolute Gasteiger partial charge is 0.508 e. The number of aromatic hydroxyl groups is 2. The van der Waals surface area contributed by atoms with Gasteiger partial charge in [-0.3, -0.25) is 0 Å². The molecule has 1 unspecified atom stereocenters. The molecule has 0 saturated carbocycles. The quantitative estimate of drug-likeness (QED) is 0.732. The smallest absolute Gasteiger partial charge is 0.120 e. The van der Waals surface area contributed by atoms with Gasteiger partial charge in [0.05, 0.1) is 0 Å². The molecule has 3 N–H and O–H groups in total. The summed E-state index contributed by atoms with van der Waals surface area (Å²) in [5, 5.41) is 22.8. The van der Waals surface area contributed by atoms with Crippen molar-refractivity contribution in [2.24, 2.45) is 5.41 Å². The Balaban J connectivity index is 1.97. The monoisotopic (exact) mass is 265 g/mol. The summed E-state index contributed by atoms with van der Waals surface area (Å²) in [7, 11) is 0. The molecule has 1 heterocycles. The minimum atomic E-state index is 0.00627. The number of hydrogen-bond donors (Lipinski definition) is 3. The van der Waals surface area contributed by atoms with Crippen LogP contribution in [0.15, 0.2) is 18.2 Å². The molecule has 4 nitrogen and oxygen atoms in total. The third-order valence-electron chi connectivity index (χ3n) is 4.01. The zero-order valence-electron chi connectivity index (χ0n) is 11.6. The first kappa shape index (κ1) is 14.2. The van der Waals surface area contributed by atoms with Crippen LogP contribution in [0.5, 0.6) is 11.5 Å². The van der Waals surface area contributed by atoms with E-state index < -0.39 is 0 Å². The molecule has 0 aromatic heterocycles. The van der Waals surface area contributed by atoms with E-state index in [4.69, 9.17) is 4.74 Å². The molecule has 0 bridgehead atoms. The van der Waals surface area contributed by atoms with Crippen LogP contribution in [0.25, 0.3) is 0 Å². The van der Waals surface area contributed by atoms with Gasteiger partial charge in [-0.15, -0.1) is 0 Å². The van der Waals surface area contributed by atoms with Crippen LogP contribution < -0.4 is 5.32 Å². The van der Waals surface area contributed by atoms with Crippen molar-refractivity contribution in [3.8, 4) is 11.5 Å². The van der Waals surface area contributed by atoms with E-state index in [1.807, 2.05) is 6.92 Å². The van der Waals surface area contributed by atoms with Gasteiger partial charge in [-0.2, -0.15) is 0 Å². The number of hydrogen-bond acceptors (Lipinski definition) is 4. The van der Waals surface area contributed by atoms with Gasteiger partial charge < -0.3 is 20.3 Å². The van der Waals surface area contributed by atoms with E-state index in [0.717, 1.165) is 38.2 Å². The lowest BCUT2D eigenvalue weighted by Gasteiger charge is -2.34. The van der Waals surface area contributed by atoms with E-state index in [2.05, 4.69) is 12.2 Å². The fraction of sp³-hybridized carbons (Fsp3) is 0.600. The van der Waals surface area contributed by atoms with Crippen molar-refractivity contribution >= 4 is 0 Å². The van der Waals surface area contributed by atoms with Crippen LogP contribution in [-0.4, -0.2) is 30.0 Å². The topological polar surface area (TPSA) is 61.7 Å². The maximum absolute atomic E-state index is 9.84. The molecule has 1 atom stereocenters. The number of ether oxygens (including phenoxy) is 1. The molecular weight excluding hydrogens is 242 g/mol. The second kappa shape index (κ2) is 5.80. The maximum Gasteiger partial charge on any atom is 0.120 e. The normalized spacial score (nSPS) is 20.1. The predicted molar refractivity (Wildman–Crippen MR) is 74.3 cm³/mol. The Kier molecular flexibility index (Phi) is 4.32. The van der Waals surface area contributed by atoms with Gasteiger partial charge in [0.1, 0.15) is 11.5 Å². The molecule has 1 saturated heterocycles. The second-order valence-corrected chi connectivity index (χ2v) is 5.77. The van der Waals surface area contributed by atoms with Crippen molar-refractivity contribution in [3.05, 3.63) is 23.8 Å². The van der Waals surface area contributed by atoms with E-state index in [9.17, 15) is 10.2 Å². The van der Waals surface area contributed by atoms with Crippen molar-refractivity contribution in [2.45, 2.75) is 32.7 Å². The third-order valence-corrected chi connectivity index (χ3v) is 4.01. The van der Waals surface area contributed by atoms with E-state index in [-0.39, 0.29) is 23.0 Å². The van der Waals surface area contributed by atoms with Crippen LogP contribution in [0.3, 0.4) is 0 Å². The van der Waals surface area contributed by atoms with Gasteiger partial charge >= 0.3 is 0 Å². The van der Waals surface area contributed by atoms with Gasteiger partial charge in [-0.1, -0.05) is 6.92 Å². The Morgan fingerprint density at radius 1 is 1.32 bits per heavy atom. The van der Waals surface area contributed by atoms with Gasteiger partial charge in [0, 0.05) is 31.4 Å². The Bertz CT molecular complexity index is 427. The number of benzene rings is 1. The number of phenols is 2. The molecule has 1 aliphatic heterocycles. The molecule has 0 spiro atoms. The highest BCUT2D eigenvalue weighted by Gasteiger charge is 2.27. The Labute approximate surface area is 114 Å². The number of phenolic OH excluding ortho intramolecular Hbond substituents is 2. The number of nitrogens with one attached hydrogen (secondary N) is 1. The maximum atomic E-state index is 9.84. The van der Waals surface area contributed by atoms with Gasteiger partial charge in [-0.25, -0.2) is 0 Å². The summed E-state index contributed by atoms with van der Waals surface area (Å²) in [6, 6.07) is 4.63. The Morgan fingerprint density at radius 2 is 2.00 bits per heavy atom. The van der Waals surface area contributed by atoms with Crippen LogP contribution in [0.2, 0.25) is 0 Å². The van der Waals surface area contributed by atoms with E-state index in [1.165, 1.54) is 12.1 Å². The van der Waals surface area contributed by atoms with Crippen molar-refractivity contribution in [1.82, 2.24) is 5.32 Å². The number of rotatable bonds is 4. The van der Waals surface area contributed by atoms with Crippen molar-refractivity contribution in [3.63, 3.8) is 0 Å². The molecule has 0 amide bonds. The lowest BCUT2D eigenvalue weighted by molar-refractivity contribution is 0.0230. The van der Waals surface area contributed by atoms with E-state index in [0.29, 0.717) is 0 Å². The molecule has 106 valence electrons. The lowest BCUT2D eigenvalue weighted by Crippen LogP contribution is -2.37. The molecule has 2 rings (SSSR count). The fourth-order valence-corrected chi connectivity index (χ4v) is 2.44. The first-order valence-corrected chi connectivity index (χ1v) is 6.83. The summed E-state index contributed by atoms with van der Waals surface area (Å²) < 4.78 is 5.39. The molecular formula is C15H23NO3. The van der Waals surface area contributed by atoms with Crippen molar-refractivity contribution in [1.29, 1.82) is 0 Å². The van der Waals surface area contributed by atoms with Crippen molar-refractivity contribution in [2.75, 3.05) is 19.8 Å². The van der Waals surface area contributed by atoms with Crippen LogP contribution in [-0.2, 0) is 4.74 Å². The fourth-order valence-electron chi connectivity index (χ4n) is 2.44. The molecule has 1 aliphatic rings. The highest BCUT2D eigenvalue weighted by atomic mass is 16.5. The van der Waals surface area contributed by atoms with Gasteiger partial charge in [0.15, 0.2) is 0 Å². The van der Waals surface area contributed by atoms with E-state index >= 15 is 0 Å². The SMILES string of the molecule is CC(NCC1(C)CCOCC1)c1cc(O)ccc1O. The lowest BCUT2D eigenvalue weighted by atomic mass is 9.82. The van der Waals surface area contributed by atoms with Crippen LogP contribution in [0.4, 0.5) is 0 Å². The second-order valence-electron chi connectivity index (χ2n) is 5.77. The molecule has 19 heavy (non-hydrogen) atoms. The average Bonchev–Trinajstić information content (AvgIpc) is 2.40. The molecule has 0 aliphatic carbocycles. The summed E-state index contributed by atoms with van der Waals surface area (Å²) >= 11 is 0. The summed E-state index contributed by atoms with van der Waals surface area (Å²) in [4.78, 5) is 0. The van der Waals surface area contributed by atoms with Gasteiger partial charge in [-0.05, 0) is 43.4 Å². The summed E-state index contributed by atoms with van der Waals surface area (Å²) in [5.41, 5.74) is 0.981. The average molecular weight is 265 g/mol. The first-order chi connectivity index (χ1) is 9.00. The molecule has 1 aromatic carbocycles. The third kappa shape index (κ3) is 3.61. The highest BCUT2D eigenvalue weighted by molar-refractivity contribution is 5.40. The van der Waals surface area contributed by atoms with Gasteiger partial charge in [0.25, 0.3) is 0 Å². The molecule has 1 fully saturated rings. The zero-order valence-corrected chi connectivity index (χ0v) is 11.6. The van der Waals surface area contributed by atoms with Crippen LogP contribution in [0, 0.1) is 5.41 Å². The minimum absolute atomic E-state index is 0.00627. The summed E-state index contributed by atoms with van der Waals surface area (Å²) in [5.74, 6) is 0.397. The first-order valence-electron chi connectivity index (χ1n) is 6.83. The van der Waals surface area contributed by atoms with E-state index in [1.54, 1.807) is 6.07 Å². The molecule has 4 heteroatoms. The highest BCUT2D eigenvalue weighted by Crippen LogP contribution is 2.31. The Morgan fingerprint density at radius 3 is 2.68 bits per heavy atom. The van der Waals surface area contributed by atoms with Crippen LogP contribution in [0.1, 0.15) is 38.3 Å². The van der Waals surface area contributed by atoms with Gasteiger partial charge in [0.2, 0.25) is 0 Å². The Hall–Kier alpha value is -1.26. The molecule has 1 aromatic rings. The summed E-state index contributed by atoms with van der Waals surface area (Å²) in [6.07, 6.45) is 2.11. The molecule has 0 radical (unpaired) electrons. The minimum Gasteiger partial charge on any atom is -0.508 e. The predicted octanol–water partition coefficient (Wildman–Crippen LogP) is 2.57. The zero-order chi connectivity index (χ0) is 13.9.